The number of benzene rings is 2. The molecule has 2 aromatic rings. The SMILES string of the molecule is Cc1ccc(NC(=O)CNC(=O)c2cccc(Cl)c2)c(C)c1. The lowest BCUT2D eigenvalue weighted by atomic mass is 10.1. The van der Waals surface area contributed by atoms with E-state index < -0.39 is 0 Å². The van der Waals surface area contributed by atoms with Crippen molar-refractivity contribution in [3.05, 3.63) is 64.2 Å². The van der Waals surface area contributed by atoms with Gasteiger partial charge in [0.2, 0.25) is 5.91 Å². The van der Waals surface area contributed by atoms with Crippen LogP contribution in [0.5, 0.6) is 0 Å². The zero-order valence-corrected chi connectivity index (χ0v) is 13.2. The molecule has 0 unspecified atom stereocenters. The number of carbonyl (C=O) groups is 2. The summed E-state index contributed by atoms with van der Waals surface area (Å²) in [7, 11) is 0. The van der Waals surface area contributed by atoms with Crippen LogP contribution in [0.15, 0.2) is 42.5 Å². The summed E-state index contributed by atoms with van der Waals surface area (Å²) in [6.45, 7) is 3.82. The molecule has 0 aromatic heterocycles. The summed E-state index contributed by atoms with van der Waals surface area (Å²) in [6.07, 6.45) is 0. The molecule has 0 spiro atoms. The lowest BCUT2D eigenvalue weighted by Gasteiger charge is -2.10. The van der Waals surface area contributed by atoms with Crippen LogP contribution in [0, 0.1) is 13.8 Å². The number of amides is 2. The molecule has 4 nitrogen and oxygen atoms in total. The van der Waals surface area contributed by atoms with Crippen LogP contribution in [0.4, 0.5) is 5.69 Å². The maximum absolute atomic E-state index is 11.9. The number of hydrogen-bond acceptors (Lipinski definition) is 2. The van der Waals surface area contributed by atoms with Crippen molar-refractivity contribution in [2.24, 2.45) is 0 Å². The second-order valence-corrected chi connectivity index (χ2v) is 5.50. The molecule has 0 saturated heterocycles. The third kappa shape index (κ3) is 4.33. The number of aryl methyl sites for hydroxylation is 2. The van der Waals surface area contributed by atoms with Gasteiger partial charge < -0.3 is 10.6 Å². The van der Waals surface area contributed by atoms with Gasteiger partial charge in [-0.1, -0.05) is 35.4 Å². The molecule has 0 heterocycles. The first kappa shape index (κ1) is 16.0. The van der Waals surface area contributed by atoms with E-state index in [1.807, 2.05) is 32.0 Å². The van der Waals surface area contributed by atoms with Crippen molar-refractivity contribution < 1.29 is 9.59 Å². The third-order valence-electron chi connectivity index (χ3n) is 3.15. The summed E-state index contributed by atoms with van der Waals surface area (Å²) in [5.74, 6) is -0.611. The molecule has 2 rings (SSSR count). The molecule has 0 bridgehead atoms. The Morgan fingerprint density at radius 1 is 1.09 bits per heavy atom. The average Bonchev–Trinajstić information content (AvgIpc) is 2.47. The Morgan fingerprint density at radius 3 is 2.55 bits per heavy atom. The highest BCUT2D eigenvalue weighted by atomic mass is 35.5. The first-order valence-electron chi connectivity index (χ1n) is 6.86. The van der Waals surface area contributed by atoms with E-state index in [9.17, 15) is 9.59 Å². The molecular weight excluding hydrogens is 300 g/mol. The number of rotatable bonds is 4. The highest BCUT2D eigenvalue weighted by Gasteiger charge is 2.09. The molecule has 0 aliphatic carbocycles. The molecule has 2 amide bonds. The van der Waals surface area contributed by atoms with Crippen LogP contribution in [0.2, 0.25) is 5.02 Å². The minimum Gasteiger partial charge on any atom is -0.343 e. The van der Waals surface area contributed by atoms with E-state index in [1.54, 1.807) is 24.3 Å². The van der Waals surface area contributed by atoms with Crippen molar-refractivity contribution in [3.8, 4) is 0 Å². The third-order valence-corrected chi connectivity index (χ3v) is 3.39. The van der Waals surface area contributed by atoms with Crippen molar-refractivity contribution in [1.29, 1.82) is 0 Å². The van der Waals surface area contributed by atoms with Crippen LogP contribution >= 0.6 is 11.6 Å². The number of hydrogen-bond donors (Lipinski definition) is 2. The van der Waals surface area contributed by atoms with Gasteiger partial charge in [-0.05, 0) is 43.7 Å². The summed E-state index contributed by atoms with van der Waals surface area (Å²) >= 11 is 5.83. The maximum Gasteiger partial charge on any atom is 0.251 e. The minimum absolute atomic E-state index is 0.0985. The van der Waals surface area contributed by atoms with Crippen LogP contribution in [-0.2, 0) is 4.79 Å². The predicted octanol–water partition coefficient (Wildman–Crippen LogP) is 3.33. The fourth-order valence-electron chi connectivity index (χ4n) is 2.04. The van der Waals surface area contributed by atoms with E-state index in [1.165, 1.54) is 0 Å². The van der Waals surface area contributed by atoms with Crippen LogP contribution in [0.25, 0.3) is 0 Å². The zero-order valence-electron chi connectivity index (χ0n) is 12.4. The van der Waals surface area contributed by atoms with Crippen molar-refractivity contribution >= 4 is 29.1 Å². The van der Waals surface area contributed by atoms with Crippen molar-refractivity contribution in [2.45, 2.75) is 13.8 Å². The quantitative estimate of drug-likeness (QED) is 0.909. The Labute approximate surface area is 134 Å². The van der Waals surface area contributed by atoms with Gasteiger partial charge in [-0.15, -0.1) is 0 Å². The van der Waals surface area contributed by atoms with E-state index in [4.69, 9.17) is 11.6 Å². The van der Waals surface area contributed by atoms with E-state index in [0.29, 0.717) is 10.6 Å². The fourth-order valence-corrected chi connectivity index (χ4v) is 2.23. The largest absolute Gasteiger partial charge is 0.343 e. The molecule has 0 aliphatic rings. The van der Waals surface area contributed by atoms with Crippen LogP contribution in [0.1, 0.15) is 21.5 Å². The van der Waals surface area contributed by atoms with E-state index in [-0.39, 0.29) is 18.4 Å². The van der Waals surface area contributed by atoms with Crippen molar-refractivity contribution in [3.63, 3.8) is 0 Å². The van der Waals surface area contributed by atoms with Gasteiger partial charge in [-0.3, -0.25) is 9.59 Å². The van der Waals surface area contributed by atoms with Gasteiger partial charge in [0.05, 0.1) is 6.54 Å². The summed E-state index contributed by atoms with van der Waals surface area (Å²) in [4.78, 5) is 23.8. The van der Waals surface area contributed by atoms with E-state index >= 15 is 0 Å². The van der Waals surface area contributed by atoms with Gasteiger partial charge >= 0.3 is 0 Å². The highest BCUT2D eigenvalue weighted by molar-refractivity contribution is 6.31. The Kier molecular flexibility index (Phi) is 5.17. The molecule has 22 heavy (non-hydrogen) atoms. The Hall–Kier alpha value is -2.33. The van der Waals surface area contributed by atoms with Gasteiger partial charge in [0, 0.05) is 16.3 Å². The Bertz CT molecular complexity index is 714. The summed E-state index contributed by atoms with van der Waals surface area (Å²) in [5, 5.41) is 5.82. The Morgan fingerprint density at radius 2 is 1.86 bits per heavy atom. The fraction of sp³-hybridized carbons (Fsp3) is 0.176. The minimum atomic E-state index is -0.335. The summed E-state index contributed by atoms with van der Waals surface area (Å²) < 4.78 is 0. The zero-order chi connectivity index (χ0) is 16.1. The number of anilines is 1. The average molecular weight is 317 g/mol. The van der Waals surface area contributed by atoms with Crippen molar-refractivity contribution in [2.75, 3.05) is 11.9 Å². The van der Waals surface area contributed by atoms with Crippen LogP contribution < -0.4 is 10.6 Å². The number of carbonyl (C=O) groups excluding carboxylic acids is 2. The molecule has 2 aromatic carbocycles. The molecule has 2 N–H and O–H groups in total. The van der Waals surface area contributed by atoms with Gasteiger partial charge in [0.25, 0.3) is 5.91 Å². The molecule has 0 radical (unpaired) electrons. The normalized spacial score (nSPS) is 10.1. The Balaban J connectivity index is 1.91. The second kappa shape index (κ2) is 7.09. The van der Waals surface area contributed by atoms with E-state index in [0.717, 1.165) is 16.8 Å². The van der Waals surface area contributed by atoms with Gasteiger partial charge in [-0.2, -0.15) is 0 Å². The van der Waals surface area contributed by atoms with Crippen LogP contribution in [-0.4, -0.2) is 18.4 Å². The summed E-state index contributed by atoms with van der Waals surface area (Å²) in [5.41, 5.74) is 3.28. The summed E-state index contributed by atoms with van der Waals surface area (Å²) in [6, 6.07) is 12.3. The van der Waals surface area contributed by atoms with Gasteiger partial charge in [0.1, 0.15) is 0 Å². The van der Waals surface area contributed by atoms with Crippen LogP contribution in [0.3, 0.4) is 0 Å². The molecule has 0 atom stereocenters. The maximum atomic E-state index is 11.9. The lowest BCUT2D eigenvalue weighted by Crippen LogP contribution is -2.33. The molecular formula is C17H17ClN2O2. The van der Waals surface area contributed by atoms with E-state index in [2.05, 4.69) is 10.6 Å². The predicted molar refractivity (Wildman–Crippen MR) is 88.3 cm³/mol. The smallest absolute Gasteiger partial charge is 0.251 e. The molecule has 0 fully saturated rings. The molecule has 5 heteroatoms. The molecule has 114 valence electrons. The first-order valence-corrected chi connectivity index (χ1v) is 7.24. The van der Waals surface area contributed by atoms with Gasteiger partial charge in [-0.25, -0.2) is 0 Å². The topological polar surface area (TPSA) is 58.2 Å². The second-order valence-electron chi connectivity index (χ2n) is 5.06. The highest BCUT2D eigenvalue weighted by Crippen LogP contribution is 2.15. The van der Waals surface area contributed by atoms with Gasteiger partial charge in [0.15, 0.2) is 0 Å². The monoisotopic (exact) mass is 316 g/mol. The van der Waals surface area contributed by atoms with Crippen molar-refractivity contribution in [1.82, 2.24) is 5.32 Å². The number of nitrogens with one attached hydrogen (secondary N) is 2. The number of halogens is 1. The molecule has 0 aliphatic heterocycles. The molecule has 0 saturated carbocycles. The lowest BCUT2D eigenvalue weighted by molar-refractivity contribution is -0.115. The first-order chi connectivity index (χ1) is 10.5. The standard InChI is InChI=1S/C17H17ClN2O2/c1-11-6-7-15(12(2)8-11)20-16(21)10-19-17(22)13-4-3-5-14(18)9-13/h3-9H,10H2,1-2H3,(H,19,22)(H,20,21).